The first-order chi connectivity index (χ1) is 12.0. The molecule has 2 aliphatic heterocycles. The Balaban J connectivity index is 1.61. The van der Waals surface area contributed by atoms with Crippen LogP contribution in [0.5, 0.6) is 0 Å². The van der Waals surface area contributed by atoms with Crippen molar-refractivity contribution in [2.45, 2.75) is 12.5 Å². The number of benzene rings is 1. The first-order valence-electron chi connectivity index (χ1n) is 8.75. The summed E-state index contributed by atoms with van der Waals surface area (Å²) in [6.45, 7) is 2.79. The minimum Gasteiger partial charge on any atom is -0.347 e. The monoisotopic (exact) mass is 340 g/mol. The number of carbonyl (C=O) groups excluding carboxylic acids is 1. The maximum Gasteiger partial charge on any atom is 0.254 e. The van der Waals surface area contributed by atoms with Crippen molar-refractivity contribution < 1.29 is 4.79 Å². The van der Waals surface area contributed by atoms with Crippen molar-refractivity contribution in [3.8, 4) is 11.4 Å². The summed E-state index contributed by atoms with van der Waals surface area (Å²) in [5, 5.41) is 7.88. The number of amides is 1. The number of fused-ring (bicyclic) bond motifs is 1. The third-order valence-electron chi connectivity index (χ3n) is 5.21. The van der Waals surface area contributed by atoms with E-state index in [1.807, 2.05) is 55.2 Å². The van der Waals surface area contributed by atoms with Gasteiger partial charge < -0.3 is 15.1 Å². The van der Waals surface area contributed by atoms with Gasteiger partial charge in [0.15, 0.2) is 5.82 Å². The van der Waals surface area contributed by atoms with Gasteiger partial charge in [-0.3, -0.25) is 4.79 Å². The van der Waals surface area contributed by atoms with Crippen LogP contribution >= 0.6 is 0 Å². The molecule has 0 bridgehead atoms. The van der Waals surface area contributed by atoms with E-state index in [1.54, 1.807) is 4.68 Å². The molecule has 2 aliphatic rings. The van der Waals surface area contributed by atoms with Crippen molar-refractivity contribution >= 4 is 11.9 Å². The van der Waals surface area contributed by atoms with E-state index in [0.717, 1.165) is 37.6 Å². The lowest BCUT2D eigenvalue weighted by Gasteiger charge is -2.23. The van der Waals surface area contributed by atoms with Gasteiger partial charge in [-0.25, -0.2) is 4.68 Å². The maximum atomic E-state index is 13.0. The van der Waals surface area contributed by atoms with E-state index in [4.69, 9.17) is 0 Å². The molecule has 1 aromatic carbocycles. The van der Waals surface area contributed by atoms with E-state index in [1.165, 1.54) is 0 Å². The minimum absolute atomic E-state index is 0.113. The maximum absolute atomic E-state index is 13.0. The van der Waals surface area contributed by atoms with E-state index in [2.05, 4.69) is 15.4 Å². The van der Waals surface area contributed by atoms with Crippen LogP contribution in [0.4, 0.5) is 5.95 Å². The van der Waals surface area contributed by atoms with Crippen molar-refractivity contribution in [1.29, 1.82) is 0 Å². The Kier molecular flexibility index (Phi) is 3.95. The third kappa shape index (κ3) is 2.78. The van der Waals surface area contributed by atoms with Crippen molar-refractivity contribution in [2.75, 3.05) is 38.6 Å². The Morgan fingerprint density at radius 3 is 2.92 bits per heavy atom. The van der Waals surface area contributed by atoms with E-state index in [9.17, 15) is 4.79 Å². The normalized spacial score (nSPS) is 22.3. The fourth-order valence-electron chi connectivity index (χ4n) is 3.95. The van der Waals surface area contributed by atoms with Crippen LogP contribution in [-0.2, 0) is 7.05 Å². The molecule has 7 nitrogen and oxygen atoms in total. The van der Waals surface area contributed by atoms with Crippen LogP contribution in [0.3, 0.4) is 0 Å². The Hall–Kier alpha value is -2.41. The highest BCUT2D eigenvalue weighted by atomic mass is 16.2. The molecule has 2 saturated heterocycles. The molecule has 1 N–H and O–H groups in total. The number of rotatable bonds is 3. The highest BCUT2D eigenvalue weighted by Gasteiger charge is 2.40. The minimum atomic E-state index is 0.113. The molecule has 132 valence electrons. The fraction of sp³-hybridized carbons (Fsp3) is 0.500. The Labute approximate surface area is 147 Å². The van der Waals surface area contributed by atoms with Crippen molar-refractivity contribution in [1.82, 2.24) is 25.0 Å². The van der Waals surface area contributed by atoms with Crippen LogP contribution in [0.2, 0.25) is 0 Å². The summed E-state index contributed by atoms with van der Waals surface area (Å²) in [5.41, 5.74) is 1.58. The number of likely N-dealkylation sites (tertiary alicyclic amines) is 1. The van der Waals surface area contributed by atoms with Gasteiger partial charge >= 0.3 is 0 Å². The van der Waals surface area contributed by atoms with Crippen molar-refractivity contribution in [3.63, 3.8) is 0 Å². The molecule has 0 saturated carbocycles. The second-order valence-electron chi connectivity index (χ2n) is 7.11. The number of carbonyl (C=O) groups is 1. The van der Waals surface area contributed by atoms with Crippen molar-refractivity contribution in [2.24, 2.45) is 13.0 Å². The highest BCUT2D eigenvalue weighted by Crippen LogP contribution is 2.29. The van der Waals surface area contributed by atoms with Gasteiger partial charge in [0.05, 0.1) is 0 Å². The highest BCUT2D eigenvalue weighted by molar-refractivity contribution is 5.95. The number of anilines is 1. The zero-order valence-corrected chi connectivity index (χ0v) is 14.9. The summed E-state index contributed by atoms with van der Waals surface area (Å²) in [6.07, 6.45) is 1.09. The lowest BCUT2D eigenvalue weighted by Crippen LogP contribution is -2.39. The second-order valence-corrected chi connectivity index (χ2v) is 7.11. The van der Waals surface area contributed by atoms with E-state index in [0.29, 0.717) is 23.3 Å². The average molecular weight is 340 g/mol. The second kappa shape index (κ2) is 6.15. The Morgan fingerprint density at radius 1 is 1.32 bits per heavy atom. The topological polar surface area (TPSA) is 66.3 Å². The van der Waals surface area contributed by atoms with Gasteiger partial charge in [-0.2, -0.15) is 4.98 Å². The number of nitrogens with zero attached hydrogens (tertiary/aromatic N) is 5. The van der Waals surface area contributed by atoms with Gasteiger partial charge in [-0.1, -0.05) is 12.1 Å². The summed E-state index contributed by atoms with van der Waals surface area (Å²) in [6, 6.07) is 8.00. The first-order valence-corrected chi connectivity index (χ1v) is 8.75. The summed E-state index contributed by atoms with van der Waals surface area (Å²) in [7, 11) is 5.75. The number of nitrogens with one attached hydrogen (secondary N) is 1. The van der Waals surface area contributed by atoms with Gasteiger partial charge in [0.2, 0.25) is 5.95 Å². The summed E-state index contributed by atoms with van der Waals surface area (Å²) in [5.74, 6) is 2.14. The van der Waals surface area contributed by atoms with Crippen molar-refractivity contribution in [3.05, 3.63) is 29.8 Å². The molecule has 0 radical (unpaired) electrons. The predicted molar refractivity (Wildman–Crippen MR) is 96.6 cm³/mol. The molecule has 1 aromatic heterocycles. The molecule has 1 amide bonds. The molecule has 7 heteroatoms. The van der Waals surface area contributed by atoms with Crippen LogP contribution in [0.15, 0.2) is 24.3 Å². The van der Waals surface area contributed by atoms with Crippen LogP contribution in [0, 0.1) is 5.92 Å². The van der Waals surface area contributed by atoms with Crippen LogP contribution in [0.1, 0.15) is 16.8 Å². The van der Waals surface area contributed by atoms with Gasteiger partial charge in [-0.15, -0.1) is 5.10 Å². The number of aryl methyl sites for hydroxylation is 1. The Bertz CT molecular complexity index is 799. The third-order valence-corrected chi connectivity index (χ3v) is 5.21. The quantitative estimate of drug-likeness (QED) is 0.902. The average Bonchev–Trinajstić information content (AvgIpc) is 3.29. The SMILES string of the molecule is CN(C)c1nc(-c2cccc(C(=O)N3CC[C@@H]4CNC[C@@H]43)c2)nn1C. The van der Waals surface area contributed by atoms with Gasteiger partial charge in [0.1, 0.15) is 0 Å². The van der Waals surface area contributed by atoms with Crippen LogP contribution in [0.25, 0.3) is 11.4 Å². The summed E-state index contributed by atoms with van der Waals surface area (Å²) >= 11 is 0. The Morgan fingerprint density at radius 2 is 2.16 bits per heavy atom. The van der Waals surface area contributed by atoms with E-state index < -0.39 is 0 Å². The van der Waals surface area contributed by atoms with E-state index >= 15 is 0 Å². The number of hydrogen-bond acceptors (Lipinski definition) is 5. The molecular formula is C18H24N6O. The molecule has 2 fully saturated rings. The predicted octanol–water partition coefficient (Wildman–Crippen LogP) is 0.982. The van der Waals surface area contributed by atoms with Gasteiger partial charge in [0.25, 0.3) is 5.91 Å². The fourth-order valence-corrected chi connectivity index (χ4v) is 3.95. The molecule has 2 atom stereocenters. The van der Waals surface area contributed by atoms with E-state index in [-0.39, 0.29) is 5.91 Å². The van der Waals surface area contributed by atoms with Crippen LogP contribution in [-0.4, -0.2) is 65.3 Å². The van der Waals surface area contributed by atoms with Crippen LogP contribution < -0.4 is 10.2 Å². The molecule has 0 spiro atoms. The standard InChI is InChI=1S/C18H24N6O/c1-22(2)18-20-16(21-23(18)3)12-5-4-6-13(9-12)17(25)24-8-7-14-10-19-11-15(14)24/h4-6,9,14-15,19H,7-8,10-11H2,1-3H3/t14-,15+/m1/s1. The molecule has 25 heavy (non-hydrogen) atoms. The van der Waals surface area contributed by atoms with Gasteiger partial charge in [-0.05, 0) is 24.5 Å². The molecule has 2 aromatic rings. The smallest absolute Gasteiger partial charge is 0.254 e. The molecule has 4 rings (SSSR count). The zero-order valence-electron chi connectivity index (χ0n) is 14.9. The van der Waals surface area contributed by atoms with Gasteiger partial charge in [0, 0.05) is 57.9 Å². The molecular weight excluding hydrogens is 316 g/mol. The zero-order chi connectivity index (χ0) is 17.6. The number of hydrogen-bond donors (Lipinski definition) is 1. The molecule has 0 unspecified atom stereocenters. The number of aromatic nitrogens is 3. The lowest BCUT2D eigenvalue weighted by atomic mass is 10.0. The first kappa shape index (κ1) is 16.1. The molecule has 0 aliphatic carbocycles. The largest absolute Gasteiger partial charge is 0.347 e. The molecule has 3 heterocycles. The lowest BCUT2D eigenvalue weighted by molar-refractivity contribution is 0.0737. The summed E-state index contributed by atoms with van der Waals surface area (Å²) < 4.78 is 1.75. The summed E-state index contributed by atoms with van der Waals surface area (Å²) in [4.78, 5) is 21.5.